The average molecular weight is 112 g/mol. The van der Waals surface area contributed by atoms with Gasteiger partial charge in [0.2, 0.25) is 0 Å². The van der Waals surface area contributed by atoms with Crippen LogP contribution in [0, 0.1) is 6.54 Å². The van der Waals surface area contributed by atoms with Crippen LogP contribution >= 0.6 is 0 Å². The van der Waals surface area contributed by atoms with Crippen molar-refractivity contribution < 1.29 is 0 Å². The summed E-state index contributed by atoms with van der Waals surface area (Å²) >= 11 is 0. The Morgan fingerprint density at radius 2 is 2.12 bits per heavy atom. The maximum absolute atomic E-state index is 2.30. The topological polar surface area (TPSA) is 3.24 Å². The maximum atomic E-state index is 2.30. The molecular weight excluding hydrogens is 98.1 g/mol. The predicted octanol–water partition coefficient (Wildman–Crippen LogP) is 1.65. The van der Waals surface area contributed by atoms with Gasteiger partial charge >= 0.3 is 0 Å². The second kappa shape index (κ2) is 1.73. The fourth-order valence-electron chi connectivity index (χ4n) is 1.03. The van der Waals surface area contributed by atoms with Crippen LogP contribution in [0.5, 0.6) is 0 Å². The molecule has 0 N–H and O–H groups in total. The molecule has 1 fully saturated rings. The quantitative estimate of drug-likeness (QED) is 0.460. The van der Waals surface area contributed by atoms with Crippen LogP contribution in [-0.2, 0) is 0 Å². The Hall–Kier alpha value is -0.0400. The van der Waals surface area contributed by atoms with Crippen LogP contribution in [-0.4, -0.2) is 17.5 Å². The molecule has 1 heterocycles. The summed E-state index contributed by atoms with van der Waals surface area (Å²) in [5.74, 6) is 0. The molecule has 1 heteroatoms. The van der Waals surface area contributed by atoms with Crippen molar-refractivity contribution >= 4 is 0 Å². The van der Waals surface area contributed by atoms with Crippen LogP contribution in [0.1, 0.15) is 26.7 Å². The van der Waals surface area contributed by atoms with Crippen molar-refractivity contribution in [1.29, 1.82) is 0 Å². The number of nitrogens with zero attached hydrogens (tertiary/aromatic N) is 1. The van der Waals surface area contributed by atoms with Crippen LogP contribution in [0.3, 0.4) is 0 Å². The molecule has 1 aliphatic heterocycles. The van der Waals surface area contributed by atoms with Crippen molar-refractivity contribution in [3.05, 3.63) is 6.54 Å². The molecule has 0 aliphatic carbocycles. The van der Waals surface area contributed by atoms with Crippen molar-refractivity contribution in [3.63, 3.8) is 0 Å². The second-order valence-corrected chi connectivity index (χ2v) is 3.14. The van der Waals surface area contributed by atoms with Crippen LogP contribution in [0.2, 0.25) is 0 Å². The zero-order valence-electron chi connectivity index (χ0n) is 5.94. The van der Waals surface area contributed by atoms with Crippen molar-refractivity contribution in [3.8, 4) is 0 Å². The molecule has 47 valence electrons. The fourth-order valence-corrected chi connectivity index (χ4v) is 1.03. The van der Waals surface area contributed by atoms with E-state index in [4.69, 9.17) is 0 Å². The minimum Gasteiger partial charge on any atom is -0.297 e. The normalized spacial score (nSPS) is 28.9. The molecule has 0 atom stereocenters. The summed E-state index contributed by atoms with van der Waals surface area (Å²) < 4.78 is 0. The van der Waals surface area contributed by atoms with Crippen molar-refractivity contribution in [2.24, 2.45) is 0 Å². The molecule has 1 nitrogen and oxygen atoms in total. The molecule has 1 saturated heterocycles. The molecule has 1 radical (unpaired) electrons. The van der Waals surface area contributed by atoms with E-state index in [9.17, 15) is 0 Å². The smallest absolute Gasteiger partial charge is 0.0254 e. The molecule has 1 aliphatic rings. The highest BCUT2D eigenvalue weighted by atomic mass is 15.2. The fraction of sp³-hybridized carbons (Fsp3) is 0.857. The highest BCUT2D eigenvalue weighted by Gasteiger charge is 2.28. The van der Waals surface area contributed by atoms with Gasteiger partial charge in [-0.25, -0.2) is 0 Å². The Kier molecular flexibility index (Phi) is 1.31. The van der Waals surface area contributed by atoms with Crippen LogP contribution in [0.25, 0.3) is 0 Å². The van der Waals surface area contributed by atoms with Crippen LogP contribution in [0.15, 0.2) is 0 Å². The maximum Gasteiger partial charge on any atom is 0.0254 e. The lowest BCUT2D eigenvalue weighted by Gasteiger charge is -2.26. The summed E-state index contributed by atoms with van der Waals surface area (Å²) in [6, 6.07) is 0. The van der Waals surface area contributed by atoms with Gasteiger partial charge < -0.3 is 0 Å². The number of hydrogen-bond donors (Lipinski definition) is 0. The highest BCUT2D eigenvalue weighted by Crippen LogP contribution is 2.28. The van der Waals surface area contributed by atoms with E-state index in [1.165, 1.54) is 12.8 Å². The molecule has 1 rings (SSSR count). The second-order valence-electron chi connectivity index (χ2n) is 3.14. The first kappa shape index (κ1) is 6.09. The Labute approximate surface area is 51.7 Å². The third-order valence-corrected chi connectivity index (χ3v) is 2.11. The molecule has 0 aromatic rings. The van der Waals surface area contributed by atoms with Crippen LogP contribution in [0.4, 0.5) is 0 Å². The van der Waals surface area contributed by atoms with E-state index in [1.54, 1.807) is 0 Å². The molecule has 0 amide bonds. The monoisotopic (exact) mass is 112 g/mol. The van der Waals surface area contributed by atoms with E-state index in [0.717, 1.165) is 0 Å². The first-order chi connectivity index (χ1) is 3.63. The van der Waals surface area contributed by atoms with Crippen molar-refractivity contribution in [1.82, 2.24) is 4.90 Å². The van der Waals surface area contributed by atoms with Crippen molar-refractivity contribution in [2.75, 3.05) is 7.05 Å². The van der Waals surface area contributed by atoms with E-state index in [1.807, 2.05) is 0 Å². The third kappa shape index (κ3) is 0.873. The summed E-state index contributed by atoms with van der Waals surface area (Å²) in [4.78, 5) is 2.30. The highest BCUT2D eigenvalue weighted by molar-refractivity contribution is 4.91. The summed E-state index contributed by atoms with van der Waals surface area (Å²) in [7, 11) is 2.15. The zero-order valence-corrected chi connectivity index (χ0v) is 5.94. The summed E-state index contributed by atoms with van der Waals surface area (Å²) in [6.45, 7) is 6.81. The van der Waals surface area contributed by atoms with Gasteiger partial charge in [0, 0.05) is 12.1 Å². The van der Waals surface area contributed by atoms with Gasteiger partial charge in [-0.3, -0.25) is 4.90 Å². The Morgan fingerprint density at radius 3 is 2.25 bits per heavy atom. The molecule has 8 heavy (non-hydrogen) atoms. The Balaban J connectivity index is 2.54. The van der Waals surface area contributed by atoms with Gasteiger partial charge in [-0.05, 0) is 33.7 Å². The van der Waals surface area contributed by atoms with Gasteiger partial charge in [0.1, 0.15) is 0 Å². The Bertz CT molecular complexity index is 86.4. The van der Waals surface area contributed by atoms with Gasteiger partial charge in [0.15, 0.2) is 0 Å². The predicted molar refractivity (Wildman–Crippen MR) is 35.4 cm³/mol. The average Bonchev–Trinajstić information content (AvgIpc) is 1.86. The zero-order chi connectivity index (χ0) is 6.20. The molecule has 0 aromatic heterocycles. The SMILES string of the molecule is CN1[CH]CCC1(C)C. The molecule has 0 unspecified atom stereocenters. The van der Waals surface area contributed by atoms with Gasteiger partial charge in [-0.1, -0.05) is 0 Å². The van der Waals surface area contributed by atoms with Gasteiger partial charge in [-0.2, -0.15) is 0 Å². The first-order valence-corrected chi connectivity index (χ1v) is 3.19. The molecule has 0 spiro atoms. The summed E-state index contributed by atoms with van der Waals surface area (Å²) in [6.07, 6.45) is 2.56. The van der Waals surface area contributed by atoms with E-state index >= 15 is 0 Å². The molecular formula is C7H14N. The van der Waals surface area contributed by atoms with E-state index in [-0.39, 0.29) is 0 Å². The lowest BCUT2D eigenvalue weighted by atomic mass is 10.0. The standard InChI is InChI=1S/C7H14N/c1-7(2)5-4-6-8(7)3/h6H,4-5H2,1-3H3. The molecule has 0 aromatic carbocycles. The summed E-state index contributed by atoms with van der Waals surface area (Å²) in [5.41, 5.74) is 0.431. The van der Waals surface area contributed by atoms with E-state index < -0.39 is 0 Å². The van der Waals surface area contributed by atoms with E-state index in [0.29, 0.717) is 5.54 Å². The van der Waals surface area contributed by atoms with Gasteiger partial charge in [0.25, 0.3) is 0 Å². The largest absolute Gasteiger partial charge is 0.297 e. The first-order valence-electron chi connectivity index (χ1n) is 3.19. The van der Waals surface area contributed by atoms with Gasteiger partial charge in [0.05, 0.1) is 0 Å². The lowest BCUT2D eigenvalue weighted by molar-refractivity contribution is 0.245. The lowest BCUT2D eigenvalue weighted by Crippen LogP contribution is -2.32. The molecule has 0 saturated carbocycles. The minimum atomic E-state index is 0.431. The van der Waals surface area contributed by atoms with Gasteiger partial charge in [-0.15, -0.1) is 0 Å². The number of likely N-dealkylation sites (tertiary alicyclic amines) is 1. The number of rotatable bonds is 0. The minimum absolute atomic E-state index is 0.431. The van der Waals surface area contributed by atoms with Crippen LogP contribution < -0.4 is 0 Å². The molecule has 0 bridgehead atoms. The van der Waals surface area contributed by atoms with Crippen molar-refractivity contribution in [2.45, 2.75) is 32.2 Å². The Morgan fingerprint density at radius 1 is 1.50 bits per heavy atom. The third-order valence-electron chi connectivity index (χ3n) is 2.11. The summed E-state index contributed by atoms with van der Waals surface area (Å²) in [5, 5.41) is 0. The number of hydrogen-bond acceptors (Lipinski definition) is 1. The van der Waals surface area contributed by atoms with E-state index in [2.05, 4.69) is 32.3 Å².